The molecule has 799 valence electrons. The van der Waals surface area contributed by atoms with Crippen LogP contribution in [0, 0.1) is 37.5 Å². The fraction of sp³-hybridized carbons (Fsp3) is 0.606. The van der Waals surface area contributed by atoms with Crippen LogP contribution >= 0.6 is 121 Å². The van der Waals surface area contributed by atoms with Gasteiger partial charge in [-0.1, -0.05) is 155 Å². The Morgan fingerprint density at radius 1 is 0.378 bits per heavy atom. The summed E-state index contributed by atoms with van der Waals surface area (Å²) in [6.45, 7) is 63.8. The summed E-state index contributed by atoms with van der Waals surface area (Å²) in [4.78, 5) is 134. The van der Waals surface area contributed by atoms with E-state index in [2.05, 4.69) is 155 Å². The van der Waals surface area contributed by atoms with Crippen LogP contribution in [-0.4, -0.2) is 336 Å². The SMILES string of the molecule is BrB(Br)Br.C.C.C.C=CC(=O)Cl.C=CC(=O)N1CC(N2CCN(C(=O)[C@H](C)Cc3cc(CC)c(Cl)cc3OC)CC2)C1.C=CC(=O)N1CC(N2CCN(C(=O)[C@H](C)Cc3cc(CC)c(Cl)cc3OC)CC2)C1.CCc1cc(C[C@@H](C)C(=O)N2CCN(C3CN(C(=O)OC(C)(C)C)C3)CC2)c(OC)cc1Cl.COc1cc(Cl)c(Br)cc1C[C@@H](C)C(=O)N1CCN(C2CN(C(=O)OC(C)(C)C)C2)CC1.[CH2-]C.[CH2-]C.[V].[Zn+2]. The third kappa shape index (κ3) is 42.9. The van der Waals surface area contributed by atoms with E-state index in [0.29, 0.717) is 128 Å². The average Bonchev–Trinajstić information content (AvgIpc) is 0.939. The number of nitrogens with zero attached hydrogens (tertiary/aromatic N) is 12. The number of allylic oxidation sites excluding steroid dienone is 1. The Balaban J connectivity index is 0.00000178. The summed E-state index contributed by atoms with van der Waals surface area (Å²) in [5, 5.41) is 2.19. The fourth-order valence-corrected chi connectivity index (χ4v) is 18.6. The minimum Gasteiger partial charge on any atom is -0.496 e. The number of carbonyl (C=O) groups excluding carboxylic acids is 9. The Hall–Kier alpha value is -5.19. The number of piperazine rings is 4. The van der Waals surface area contributed by atoms with Gasteiger partial charge in [-0.3, -0.25) is 53.2 Å². The van der Waals surface area contributed by atoms with Gasteiger partial charge in [-0.25, -0.2) is 9.59 Å². The summed E-state index contributed by atoms with van der Waals surface area (Å²) in [6.07, 6.45) is 8.29. The Morgan fingerprint density at radius 2 is 0.573 bits per heavy atom. The number of likely N-dealkylation sites (tertiary alicyclic amines) is 4. The third-order valence-electron chi connectivity index (χ3n) is 25.1. The number of hydrogen-bond acceptors (Lipinski definition) is 19. The number of hydrogen-bond donors (Lipinski definition) is 0. The predicted octanol–water partition coefficient (Wildman–Crippen LogP) is 19.8. The van der Waals surface area contributed by atoms with Crippen molar-refractivity contribution < 1.29 is 110 Å². The quantitative estimate of drug-likeness (QED) is 0.0245. The molecule has 0 unspecified atom stereocenters. The molecule has 0 N–H and O–H groups in total. The molecule has 12 rings (SSSR count). The van der Waals surface area contributed by atoms with Crippen molar-refractivity contribution in [2.24, 2.45) is 23.7 Å². The van der Waals surface area contributed by atoms with Gasteiger partial charge in [-0.15, -0.1) is 47.3 Å². The number of halogens is 9. The molecule has 27 nitrogen and oxygen atoms in total. The van der Waals surface area contributed by atoms with E-state index >= 15 is 0 Å². The standard InChI is InChI=1S/C25H38ClN3O4.C23H33BrClN3O4.2C23H32ClN3O3.C3H3ClO.2C2H5.3CH4.BBr3.V.Zn/c1-7-18-13-19(22(32-6)14-21(18)26)12-17(2)23(30)28-10-8-27(9-11-28)20-15-29(16-20)24(31)33-25(3,4)5;1-15(10-16-11-18(24)19(25)12-20(16)31-5)21(29)27-8-6-26(7-9-27)17-13-28(14-17)22(30)32-23(2,3)4;2*1-5-17-12-18(21(30-4)13-20(17)24)11-16(3)23(29)26-9-7-25(8-10-26)19-14-27(15-19)22(28)6-2;1-2-3(4)5;2*1-2;;;;2-1(3)4;;/h13-14,17,20H,7-12,15-16H2,1-6H3;11-12,15,17H,6-10,13-14H2,1-5H3;2*6,12-13,16,19H,2,5,7-11,14-15H2,1,3-4H3;2H,1H2;2*1H2,2H3;3*1H4;;;/q;;;;;2*-1;;;;;;+2/t17-;15-;2*16-;;;;;;;;;/m1111........./s1. The smallest absolute Gasteiger partial charge is 0.496 e. The monoisotopic (exact) mass is 2430 g/mol. The Morgan fingerprint density at radius 3 is 0.755 bits per heavy atom. The first kappa shape index (κ1) is 138. The summed E-state index contributed by atoms with van der Waals surface area (Å²) in [6, 6.07) is 16.9. The zero-order valence-corrected chi connectivity index (χ0v) is 100. The van der Waals surface area contributed by atoms with Gasteiger partial charge in [0.2, 0.25) is 40.7 Å². The van der Waals surface area contributed by atoms with Crippen LogP contribution < -0.4 is 18.9 Å². The molecule has 39 heteroatoms. The maximum Gasteiger partial charge on any atom is 2.00 e. The minimum atomic E-state index is -0.509. The predicted molar refractivity (Wildman–Crippen MR) is 592 cm³/mol. The molecule has 8 heterocycles. The van der Waals surface area contributed by atoms with Gasteiger partial charge in [0, 0.05) is 249 Å². The molecule has 1 radical (unpaired) electrons. The molecular formula is C104H160BBr4Cl5N12O15VZn. The fourth-order valence-electron chi connectivity index (χ4n) is 17.2. The van der Waals surface area contributed by atoms with Gasteiger partial charge >= 0.3 is 34.8 Å². The second-order valence-corrected chi connectivity index (χ2v) is 46.1. The largest absolute Gasteiger partial charge is 2.00 e. The number of carbonyl (C=O) groups is 9. The van der Waals surface area contributed by atoms with Gasteiger partial charge in [-0.2, -0.15) is 13.8 Å². The van der Waals surface area contributed by atoms with Crippen LogP contribution in [0.4, 0.5) is 9.59 Å². The summed E-state index contributed by atoms with van der Waals surface area (Å²) < 4.78 is 33.9. The number of ether oxygens (including phenoxy) is 6. The normalized spacial score (nSPS) is 16.9. The molecule has 4 aromatic rings. The topological polar surface area (TPSA) is 248 Å². The van der Waals surface area contributed by atoms with Crippen LogP contribution in [0.3, 0.4) is 0 Å². The van der Waals surface area contributed by atoms with Gasteiger partial charge in [-0.05, 0) is 195 Å². The van der Waals surface area contributed by atoms with Crippen LogP contribution in [0.1, 0.15) is 165 Å². The van der Waals surface area contributed by atoms with Crippen molar-refractivity contribution in [1.82, 2.24) is 58.8 Å². The van der Waals surface area contributed by atoms with E-state index in [-0.39, 0.29) is 135 Å². The average molecular weight is 2440 g/mol. The van der Waals surface area contributed by atoms with Gasteiger partial charge in [0.05, 0.1) is 33.5 Å². The minimum absolute atomic E-state index is 0. The summed E-state index contributed by atoms with van der Waals surface area (Å²) >= 11 is 42.6. The molecule has 0 aliphatic carbocycles. The van der Waals surface area contributed by atoms with E-state index < -0.39 is 16.4 Å². The first-order valence-corrected chi connectivity index (χ1v) is 52.8. The number of benzene rings is 4. The maximum absolute atomic E-state index is 13.1. The van der Waals surface area contributed by atoms with Crippen LogP contribution in [0.25, 0.3) is 0 Å². The Labute approximate surface area is 939 Å². The van der Waals surface area contributed by atoms with Crippen molar-refractivity contribution in [3.05, 3.63) is 164 Å². The third-order valence-corrected chi connectivity index (χ3v) is 27.5. The zero-order chi connectivity index (χ0) is 103. The molecule has 4 atom stereocenters. The molecule has 8 aliphatic heterocycles. The first-order valence-electron chi connectivity index (χ1n) is 47.4. The van der Waals surface area contributed by atoms with E-state index in [1.165, 1.54) is 12.2 Å². The number of amides is 8. The number of aryl methyl sites for hydroxylation is 3. The van der Waals surface area contributed by atoms with Crippen molar-refractivity contribution in [3.63, 3.8) is 0 Å². The van der Waals surface area contributed by atoms with Crippen LogP contribution in [-0.2, 0) is 126 Å². The van der Waals surface area contributed by atoms with E-state index in [1.807, 2.05) is 113 Å². The molecule has 8 saturated heterocycles. The maximum atomic E-state index is 13.1. The van der Waals surface area contributed by atoms with Crippen molar-refractivity contribution in [3.8, 4) is 23.0 Å². The molecule has 4 aromatic carbocycles. The summed E-state index contributed by atoms with van der Waals surface area (Å²) in [5.41, 5.74) is 6.31. The molecule has 8 amide bonds. The van der Waals surface area contributed by atoms with E-state index in [0.717, 1.165) is 191 Å². The van der Waals surface area contributed by atoms with E-state index in [1.54, 1.807) is 68.0 Å². The van der Waals surface area contributed by atoms with Crippen LogP contribution in [0.15, 0.2) is 91.0 Å². The molecular weight excluding hydrogens is 2280 g/mol. The van der Waals surface area contributed by atoms with Crippen LogP contribution in [0.2, 0.25) is 20.1 Å². The van der Waals surface area contributed by atoms with Gasteiger partial charge < -0.3 is 81.5 Å². The summed E-state index contributed by atoms with van der Waals surface area (Å²) in [7, 11) is 6.52. The van der Waals surface area contributed by atoms with Crippen molar-refractivity contribution >= 4 is 177 Å². The van der Waals surface area contributed by atoms with Gasteiger partial charge in [0.15, 0.2) is 0 Å². The molecule has 143 heavy (non-hydrogen) atoms. The second-order valence-electron chi connectivity index (χ2n) is 36.8. The van der Waals surface area contributed by atoms with E-state index in [4.69, 9.17) is 86.4 Å². The zero-order valence-electron chi connectivity index (χ0n) is 85.5. The van der Waals surface area contributed by atoms with Crippen molar-refractivity contribution in [1.29, 1.82) is 0 Å². The van der Waals surface area contributed by atoms with Crippen molar-refractivity contribution in [2.45, 2.75) is 206 Å². The van der Waals surface area contributed by atoms with E-state index in [9.17, 15) is 43.2 Å². The number of rotatable bonds is 26. The summed E-state index contributed by atoms with van der Waals surface area (Å²) in [5.74, 6) is 3.06. The molecule has 0 spiro atoms. The molecule has 0 saturated carbocycles. The molecule has 8 aliphatic rings. The second kappa shape index (κ2) is 67.9. The number of methoxy groups -OCH3 is 4. The molecule has 8 fully saturated rings. The first-order chi connectivity index (χ1) is 65.2. The Kier molecular flexibility index (Phi) is 65.4. The molecule has 0 aromatic heterocycles. The van der Waals surface area contributed by atoms with Crippen molar-refractivity contribution in [2.75, 3.05) is 186 Å². The van der Waals surface area contributed by atoms with Gasteiger partial charge in [0.25, 0.3) is 0 Å². The van der Waals surface area contributed by atoms with Gasteiger partial charge in [0.1, 0.15) is 34.2 Å². The molecule has 0 bridgehead atoms. The Bertz CT molecular complexity index is 4540. The van der Waals surface area contributed by atoms with Crippen LogP contribution in [0.5, 0.6) is 23.0 Å².